The minimum absolute atomic E-state index is 0.118. The molecule has 0 saturated carbocycles. The van der Waals surface area contributed by atoms with Gasteiger partial charge in [0.05, 0.1) is 17.7 Å². The van der Waals surface area contributed by atoms with E-state index in [2.05, 4.69) is 13.2 Å². The van der Waals surface area contributed by atoms with Crippen molar-refractivity contribution in [2.75, 3.05) is 0 Å². The van der Waals surface area contributed by atoms with Gasteiger partial charge in [-0.15, -0.1) is 6.58 Å². The first-order valence-electron chi connectivity index (χ1n) is 5.81. The van der Waals surface area contributed by atoms with E-state index >= 15 is 0 Å². The Morgan fingerprint density at radius 2 is 2.29 bits per heavy atom. The number of hydrogen-bond donors (Lipinski definition) is 0. The molecule has 0 aliphatic heterocycles. The minimum atomic E-state index is -0.291. The van der Waals surface area contributed by atoms with Gasteiger partial charge in [-0.05, 0) is 19.4 Å². The predicted octanol–water partition coefficient (Wildman–Crippen LogP) is 3.71. The van der Waals surface area contributed by atoms with Crippen molar-refractivity contribution >= 4 is 5.78 Å². The Bertz CT molecular complexity index is 507. The second-order valence-corrected chi connectivity index (χ2v) is 5.25. The number of aryl methyl sites for hydroxylation is 1. The summed E-state index contributed by atoms with van der Waals surface area (Å²) >= 11 is 0. The maximum absolute atomic E-state index is 12.5. The summed E-state index contributed by atoms with van der Waals surface area (Å²) in [6.07, 6.45) is 4.22. The number of rotatable bonds is 2. The van der Waals surface area contributed by atoms with Gasteiger partial charge < -0.3 is 4.42 Å². The van der Waals surface area contributed by atoms with Gasteiger partial charge in [-0.1, -0.05) is 25.2 Å². The molecule has 0 aromatic carbocycles. The van der Waals surface area contributed by atoms with Crippen molar-refractivity contribution in [3.05, 3.63) is 48.0 Å². The molecule has 0 fully saturated rings. The van der Waals surface area contributed by atoms with Crippen LogP contribution in [0.25, 0.3) is 0 Å². The molecule has 0 saturated heterocycles. The fourth-order valence-corrected chi connectivity index (χ4v) is 2.83. The third kappa shape index (κ3) is 1.59. The molecular formula is C15H18O2. The zero-order valence-electron chi connectivity index (χ0n) is 10.7. The molecular weight excluding hydrogens is 212 g/mol. The Kier molecular flexibility index (Phi) is 2.61. The number of furan rings is 1. The topological polar surface area (TPSA) is 30.2 Å². The van der Waals surface area contributed by atoms with Crippen LogP contribution in [0.3, 0.4) is 0 Å². The Labute approximate surface area is 102 Å². The average Bonchev–Trinajstić information content (AvgIpc) is 2.59. The monoisotopic (exact) mass is 230 g/mol. The molecule has 0 N–H and O–H groups in total. The van der Waals surface area contributed by atoms with Crippen molar-refractivity contribution in [3.63, 3.8) is 0 Å². The second-order valence-electron chi connectivity index (χ2n) is 5.25. The van der Waals surface area contributed by atoms with E-state index in [-0.39, 0.29) is 17.1 Å². The lowest BCUT2D eigenvalue weighted by atomic mass is 9.64. The van der Waals surface area contributed by atoms with Crippen LogP contribution in [0.15, 0.2) is 35.5 Å². The van der Waals surface area contributed by atoms with Gasteiger partial charge in [0.25, 0.3) is 0 Å². The highest BCUT2D eigenvalue weighted by Crippen LogP contribution is 2.45. The summed E-state index contributed by atoms with van der Waals surface area (Å²) in [6.45, 7) is 13.7. The molecule has 0 spiro atoms. The largest absolute Gasteiger partial charge is 0.468 e. The third-order valence-corrected chi connectivity index (χ3v) is 3.72. The highest BCUT2D eigenvalue weighted by Gasteiger charge is 2.45. The highest BCUT2D eigenvalue weighted by molar-refractivity contribution is 6.03. The van der Waals surface area contributed by atoms with Gasteiger partial charge in [0, 0.05) is 11.8 Å². The number of Topliss-reactive ketones (excluding diaryl/α,β-unsaturated/α-hetero) is 1. The van der Waals surface area contributed by atoms with E-state index in [4.69, 9.17) is 4.42 Å². The zero-order valence-corrected chi connectivity index (χ0v) is 10.7. The van der Waals surface area contributed by atoms with Crippen LogP contribution >= 0.6 is 0 Å². The fourth-order valence-electron chi connectivity index (χ4n) is 2.83. The summed E-state index contributed by atoms with van der Waals surface area (Å²) < 4.78 is 5.48. The van der Waals surface area contributed by atoms with Gasteiger partial charge in [-0.25, -0.2) is 0 Å². The van der Waals surface area contributed by atoms with Crippen molar-refractivity contribution in [2.24, 2.45) is 11.3 Å². The Balaban J connectivity index is 2.62. The molecule has 1 aromatic rings. The molecule has 2 heteroatoms. The van der Waals surface area contributed by atoms with E-state index in [1.807, 2.05) is 26.8 Å². The fraction of sp³-hybridized carbons (Fsp3) is 0.400. The van der Waals surface area contributed by atoms with Crippen LogP contribution in [0.5, 0.6) is 0 Å². The van der Waals surface area contributed by atoms with Crippen molar-refractivity contribution in [1.82, 2.24) is 0 Å². The molecule has 2 atom stereocenters. The first-order chi connectivity index (χ1) is 7.90. The number of carbonyl (C=O) groups is 1. The molecule has 1 unspecified atom stereocenters. The normalized spacial score (nSPS) is 27.7. The molecule has 90 valence electrons. The van der Waals surface area contributed by atoms with Crippen LogP contribution in [-0.4, -0.2) is 5.78 Å². The Morgan fingerprint density at radius 1 is 1.65 bits per heavy atom. The Morgan fingerprint density at radius 3 is 2.82 bits per heavy atom. The summed E-state index contributed by atoms with van der Waals surface area (Å²) in [5.41, 5.74) is 2.27. The molecule has 0 radical (unpaired) electrons. The van der Waals surface area contributed by atoms with E-state index < -0.39 is 0 Å². The standard InChI is InChI=1S/C15H18O2/c1-6-15(5)7-11-12(10(4)8-17-11)14(16)13(15)9(2)3/h6,8,13H,1-2,7H2,3-5H3/t13?,15-/m1/s1. The molecule has 1 aliphatic rings. The molecule has 0 bridgehead atoms. The lowest BCUT2D eigenvalue weighted by Crippen LogP contribution is -2.39. The Hall–Kier alpha value is -1.57. The highest BCUT2D eigenvalue weighted by atomic mass is 16.3. The second kappa shape index (κ2) is 3.73. The van der Waals surface area contributed by atoms with Crippen LogP contribution in [0, 0.1) is 18.3 Å². The van der Waals surface area contributed by atoms with Gasteiger partial charge >= 0.3 is 0 Å². The van der Waals surface area contributed by atoms with E-state index in [1.165, 1.54) is 0 Å². The van der Waals surface area contributed by atoms with Gasteiger partial charge in [0.1, 0.15) is 5.76 Å². The number of fused-ring (bicyclic) bond motifs is 1. The molecule has 2 rings (SSSR count). The maximum atomic E-state index is 12.5. The van der Waals surface area contributed by atoms with E-state index in [9.17, 15) is 4.79 Å². The zero-order chi connectivity index (χ0) is 12.8. The van der Waals surface area contributed by atoms with Gasteiger partial charge in [0.2, 0.25) is 0 Å². The molecule has 0 amide bonds. The smallest absolute Gasteiger partial charge is 0.174 e. The molecule has 1 aromatic heterocycles. The predicted molar refractivity (Wildman–Crippen MR) is 68.1 cm³/mol. The summed E-state index contributed by atoms with van der Waals surface area (Å²) in [7, 11) is 0. The van der Waals surface area contributed by atoms with Crippen molar-refractivity contribution < 1.29 is 9.21 Å². The number of ketones is 1. The maximum Gasteiger partial charge on any atom is 0.174 e. The summed E-state index contributed by atoms with van der Waals surface area (Å²) in [4.78, 5) is 12.5. The average molecular weight is 230 g/mol. The summed E-state index contributed by atoms with van der Waals surface area (Å²) in [6, 6.07) is 0. The number of carbonyl (C=O) groups excluding carboxylic acids is 1. The molecule has 1 aliphatic carbocycles. The first kappa shape index (κ1) is 11.9. The lowest BCUT2D eigenvalue weighted by Gasteiger charge is -2.37. The number of allylic oxidation sites excluding steroid dienone is 2. The molecule has 2 nitrogen and oxygen atoms in total. The van der Waals surface area contributed by atoms with E-state index in [0.717, 1.165) is 22.5 Å². The summed E-state index contributed by atoms with van der Waals surface area (Å²) in [5.74, 6) is 0.712. The van der Waals surface area contributed by atoms with E-state index in [1.54, 1.807) is 6.26 Å². The van der Waals surface area contributed by atoms with Crippen molar-refractivity contribution in [2.45, 2.75) is 27.2 Å². The van der Waals surface area contributed by atoms with E-state index in [0.29, 0.717) is 6.42 Å². The quantitative estimate of drug-likeness (QED) is 0.725. The van der Waals surface area contributed by atoms with Crippen LogP contribution < -0.4 is 0 Å². The van der Waals surface area contributed by atoms with Crippen molar-refractivity contribution in [1.29, 1.82) is 0 Å². The summed E-state index contributed by atoms with van der Waals surface area (Å²) in [5, 5.41) is 0. The lowest BCUT2D eigenvalue weighted by molar-refractivity contribution is 0.0833. The number of hydrogen-bond acceptors (Lipinski definition) is 2. The minimum Gasteiger partial charge on any atom is -0.468 e. The van der Waals surface area contributed by atoms with Gasteiger partial charge in [-0.2, -0.15) is 0 Å². The first-order valence-corrected chi connectivity index (χ1v) is 5.81. The third-order valence-electron chi connectivity index (χ3n) is 3.72. The van der Waals surface area contributed by atoms with Gasteiger partial charge in [-0.3, -0.25) is 4.79 Å². The molecule has 17 heavy (non-hydrogen) atoms. The van der Waals surface area contributed by atoms with Gasteiger partial charge in [0.15, 0.2) is 5.78 Å². The molecule has 1 heterocycles. The van der Waals surface area contributed by atoms with Crippen LogP contribution in [0.4, 0.5) is 0 Å². The van der Waals surface area contributed by atoms with Crippen molar-refractivity contribution in [3.8, 4) is 0 Å². The SMILES string of the molecule is C=C[C@]1(C)Cc2occ(C)c2C(=O)C1C(=C)C. The van der Waals surface area contributed by atoms with Crippen LogP contribution in [0.1, 0.15) is 35.5 Å². The van der Waals surface area contributed by atoms with Crippen LogP contribution in [-0.2, 0) is 6.42 Å². The van der Waals surface area contributed by atoms with Crippen LogP contribution in [0.2, 0.25) is 0 Å².